The number of fused-ring (bicyclic) bond motifs is 1. The molecule has 1 atom stereocenters. The Kier molecular flexibility index (Phi) is 8.40. The van der Waals surface area contributed by atoms with E-state index in [0.29, 0.717) is 30.1 Å². The number of anilines is 1. The van der Waals surface area contributed by atoms with Crippen LogP contribution in [0.25, 0.3) is 28.0 Å². The van der Waals surface area contributed by atoms with Gasteiger partial charge in [-0.1, -0.05) is 70.1 Å². The van der Waals surface area contributed by atoms with Crippen LogP contribution in [-0.2, 0) is 4.79 Å². The van der Waals surface area contributed by atoms with Crippen LogP contribution < -0.4 is 15.3 Å². The van der Waals surface area contributed by atoms with Crippen molar-refractivity contribution in [2.24, 2.45) is 0 Å². The lowest BCUT2D eigenvalue weighted by molar-refractivity contribution is -0.568. The molecule has 1 amide bonds. The van der Waals surface area contributed by atoms with E-state index >= 15 is 4.39 Å². The van der Waals surface area contributed by atoms with Crippen LogP contribution >= 0.6 is 11.6 Å². The molecule has 1 aliphatic rings. The smallest absolute Gasteiger partial charge is 0.442 e. The molecule has 4 aromatic rings. The first kappa shape index (κ1) is 31.0. The summed E-state index contributed by atoms with van der Waals surface area (Å²) in [4.78, 5) is 34.6. The lowest BCUT2D eigenvalue weighted by Gasteiger charge is -2.40. The molecule has 9 nitrogen and oxygen atoms in total. The summed E-state index contributed by atoms with van der Waals surface area (Å²) in [6.07, 6.45) is 1.26. The number of nitrogens with zero attached hydrogens (tertiary/aromatic N) is 5. The molecule has 0 radical (unpaired) electrons. The Morgan fingerprint density at radius 1 is 1.16 bits per heavy atom. The summed E-state index contributed by atoms with van der Waals surface area (Å²) in [6, 6.07) is 10.7. The number of hydrogen-bond donors (Lipinski definition) is 1. The lowest BCUT2D eigenvalue weighted by atomic mass is 9.92. The highest BCUT2D eigenvalue weighted by atomic mass is 35.5. The van der Waals surface area contributed by atoms with Gasteiger partial charge in [0.05, 0.1) is 5.02 Å². The molecular formula is C33H35ClFN5O4. The van der Waals surface area contributed by atoms with Crippen molar-refractivity contribution in [1.29, 1.82) is 0 Å². The van der Waals surface area contributed by atoms with Crippen molar-refractivity contribution >= 4 is 34.4 Å². The number of phenols is 1. The maximum absolute atomic E-state index is 15.2. The summed E-state index contributed by atoms with van der Waals surface area (Å²) in [5.74, 6) is -1.34. The standard InChI is InChI=1S/C33H35ClFN5O4/c1-7-27(42)37-14-15-38(20(6)17-37)31-23-16-24(34)30(28-25(35)12-9-13-26(28)41)40(44)32(23)39(33(43)36-31)29-21(18(2)3)10-8-11-22(29)19(4)5/h7-13,16,18-20,41H,1,14-15,17H2,2-6H3/t20-/m0/s1. The largest absolute Gasteiger partial charge is 0.710 e. The quantitative estimate of drug-likeness (QED) is 0.170. The second-order valence-corrected chi connectivity index (χ2v) is 12.1. The molecule has 1 N–H and O–H groups in total. The summed E-state index contributed by atoms with van der Waals surface area (Å²) >= 11 is 6.72. The van der Waals surface area contributed by atoms with Crippen molar-refractivity contribution in [3.63, 3.8) is 0 Å². The molecule has 0 unspecified atom stereocenters. The van der Waals surface area contributed by atoms with Crippen molar-refractivity contribution in [1.82, 2.24) is 14.5 Å². The van der Waals surface area contributed by atoms with Gasteiger partial charge in [-0.05, 0) is 43.0 Å². The monoisotopic (exact) mass is 619 g/mol. The molecular weight excluding hydrogens is 585 g/mol. The van der Waals surface area contributed by atoms with Crippen molar-refractivity contribution in [3.8, 4) is 22.7 Å². The minimum Gasteiger partial charge on any atom is -0.710 e. The minimum atomic E-state index is -0.846. The number of para-hydroxylation sites is 1. The molecule has 2 aromatic carbocycles. The number of pyridine rings is 1. The Balaban J connectivity index is 1.91. The summed E-state index contributed by atoms with van der Waals surface area (Å²) in [7, 11) is 0. The lowest BCUT2D eigenvalue weighted by Crippen LogP contribution is -2.54. The summed E-state index contributed by atoms with van der Waals surface area (Å²) in [5, 5.41) is 25.3. The fourth-order valence-corrected chi connectivity index (χ4v) is 6.28. The first-order valence-electron chi connectivity index (χ1n) is 14.5. The van der Waals surface area contributed by atoms with E-state index in [1.807, 2.05) is 57.7 Å². The number of piperazine rings is 1. The number of amides is 1. The Labute approximate surface area is 260 Å². The molecule has 3 heterocycles. The van der Waals surface area contributed by atoms with Crippen LogP contribution in [0.2, 0.25) is 5.02 Å². The van der Waals surface area contributed by atoms with E-state index in [9.17, 15) is 19.9 Å². The fourth-order valence-electron chi connectivity index (χ4n) is 6.00. The van der Waals surface area contributed by atoms with Gasteiger partial charge in [0, 0.05) is 36.8 Å². The summed E-state index contributed by atoms with van der Waals surface area (Å²) in [5.41, 5.74) is 0.662. The van der Waals surface area contributed by atoms with E-state index < -0.39 is 17.3 Å². The second-order valence-electron chi connectivity index (χ2n) is 11.7. The third kappa shape index (κ3) is 5.17. The highest BCUT2D eigenvalue weighted by molar-refractivity contribution is 6.33. The molecule has 44 heavy (non-hydrogen) atoms. The highest BCUT2D eigenvalue weighted by Gasteiger charge is 2.34. The van der Waals surface area contributed by atoms with Gasteiger partial charge in [0.1, 0.15) is 28.2 Å². The third-order valence-electron chi connectivity index (χ3n) is 8.16. The van der Waals surface area contributed by atoms with E-state index in [4.69, 9.17) is 11.6 Å². The van der Waals surface area contributed by atoms with E-state index in [1.54, 1.807) is 4.90 Å². The zero-order valence-electron chi connectivity index (χ0n) is 25.3. The highest BCUT2D eigenvalue weighted by Crippen LogP contribution is 2.39. The molecule has 2 aromatic heterocycles. The SMILES string of the molecule is C=CC(=O)N1CCN(c2nc(=O)n(-c3c(C(C)C)cccc3C(C)C)c3c2cc(Cl)c(-c2c(O)cccc2F)[n+]3[O-])[C@@H](C)C1. The van der Waals surface area contributed by atoms with Gasteiger partial charge < -0.3 is 20.1 Å². The van der Waals surface area contributed by atoms with Crippen molar-refractivity contribution in [2.75, 3.05) is 24.5 Å². The molecule has 1 aliphatic heterocycles. The maximum atomic E-state index is 15.2. The van der Waals surface area contributed by atoms with Crippen LogP contribution in [0.4, 0.5) is 10.2 Å². The van der Waals surface area contributed by atoms with Gasteiger partial charge in [0.2, 0.25) is 5.91 Å². The number of aromatic nitrogens is 3. The summed E-state index contributed by atoms with van der Waals surface area (Å²) in [6.45, 7) is 14.5. The van der Waals surface area contributed by atoms with Gasteiger partial charge in [0.25, 0.3) is 0 Å². The first-order chi connectivity index (χ1) is 20.9. The predicted octanol–water partition coefficient (Wildman–Crippen LogP) is 5.65. The van der Waals surface area contributed by atoms with Crippen molar-refractivity contribution in [2.45, 2.75) is 52.5 Å². The van der Waals surface area contributed by atoms with Crippen LogP contribution in [0.3, 0.4) is 0 Å². The zero-order chi connectivity index (χ0) is 32.0. The molecule has 0 aliphatic carbocycles. The number of phenolic OH excluding ortho intramolecular Hbond substituents is 1. The minimum absolute atomic E-state index is 0.0247. The van der Waals surface area contributed by atoms with Gasteiger partial charge in [-0.15, -0.1) is 4.57 Å². The zero-order valence-corrected chi connectivity index (χ0v) is 26.1. The molecule has 0 bridgehead atoms. The Morgan fingerprint density at radius 3 is 2.36 bits per heavy atom. The van der Waals surface area contributed by atoms with Gasteiger partial charge in [0.15, 0.2) is 11.5 Å². The Morgan fingerprint density at radius 2 is 1.80 bits per heavy atom. The summed E-state index contributed by atoms with van der Waals surface area (Å²) < 4.78 is 16.9. The molecule has 230 valence electrons. The average molecular weight is 620 g/mol. The second kappa shape index (κ2) is 11.9. The number of halogens is 2. The maximum Gasteiger partial charge on any atom is 0.442 e. The number of carbonyl (C=O) groups excluding carboxylic acids is 1. The topological polar surface area (TPSA) is 106 Å². The normalized spacial score (nSPS) is 15.4. The van der Waals surface area contributed by atoms with E-state index in [1.165, 1.54) is 28.8 Å². The molecule has 1 fully saturated rings. The Hall–Kier alpha value is -4.44. The van der Waals surface area contributed by atoms with Crippen LogP contribution in [0, 0.1) is 11.0 Å². The molecule has 0 spiro atoms. The van der Waals surface area contributed by atoms with Gasteiger partial charge in [-0.2, -0.15) is 4.98 Å². The fraction of sp³-hybridized carbons (Fsp3) is 0.333. The van der Waals surface area contributed by atoms with Gasteiger partial charge in [-0.3, -0.25) is 4.79 Å². The number of rotatable bonds is 6. The number of hydrogen-bond acceptors (Lipinski definition) is 6. The number of benzene rings is 2. The van der Waals surface area contributed by atoms with Crippen LogP contribution in [0.1, 0.15) is 57.6 Å². The van der Waals surface area contributed by atoms with Crippen LogP contribution in [-0.4, -0.2) is 51.1 Å². The van der Waals surface area contributed by atoms with E-state index in [2.05, 4.69) is 11.6 Å². The van der Waals surface area contributed by atoms with Crippen molar-refractivity contribution in [3.05, 3.63) is 92.8 Å². The molecule has 11 heteroatoms. The average Bonchev–Trinajstić information content (AvgIpc) is 2.97. The van der Waals surface area contributed by atoms with Crippen LogP contribution in [0.5, 0.6) is 5.75 Å². The predicted molar refractivity (Wildman–Crippen MR) is 170 cm³/mol. The van der Waals surface area contributed by atoms with Crippen LogP contribution in [0.15, 0.2) is 59.9 Å². The van der Waals surface area contributed by atoms with E-state index in [-0.39, 0.29) is 56.9 Å². The van der Waals surface area contributed by atoms with Gasteiger partial charge in [-0.25, -0.2) is 13.9 Å². The van der Waals surface area contributed by atoms with Gasteiger partial charge >= 0.3 is 11.3 Å². The van der Waals surface area contributed by atoms with Crippen molar-refractivity contribution < 1.29 is 19.0 Å². The van der Waals surface area contributed by atoms with E-state index in [0.717, 1.165) is 17.2 Å². The molecule has 0 saturated carbocycles. The first-order valence-corrected chi connectivity index (χ1v) is 14.9. The molecule has 1 saturated heterocycles. The number of carbonyl (C=O) groups is 1. The Bertz CT molecular complexity index is 1810. The molecule has 5 rings (SSSR count). The number of aromatic hydroxyl groups is 1. The third-order valence-corrected chi connectivity index (χ3v) is 8.45.